The van der Waals surface area contributed by atoms with Crippen molar-refractivity contribution in [2.24, 2.45) is 10.9 Å². The minimum atomic E-state index is -3.41. The van der Waals surface area contributed by atoms with Crippen molar-refractivity contribution in [2.45, 2.75) is 11.3 Å². The molecule has 4 N–H and O–H groups in total. The van der Waals surface area contributed by atoms with Gasteiger partial charge in [-0.15, -0.1) is 0 Å². The Hall–Kier alpha value is -1.60. The second-order valence-electron chi connectivity index (χ2n) is 3.12. The fourth-order valence-electron chi connectivity index (χ4n) is 1.15. The topological polar surface area (TPSA) is 105 Å². The summed E-state index contributed by atoms with van der Waals surface area (Å²) in [6, 6.07) is 6.15. The van der Waals surface area contributed by atoms with Crippen molar-refractivity contribution < 1.29 is 13.6 Å². The fraction of sp³-hybridized carbons (Fsp3) is 0.222. The number of hydrogen-bond acceptors (Lipinski definition) is 4. The highest BCUT2D eigenvalue weighted by atomic mass is 32.2. The Morgan fingerprint density at radius 1 is 1.44 bits per heavy atom. The molecule has 0 aliphatic rings. The lowest BCUT2D eigenvalue weighted by atomic mass is 10.1. The molecule has 7 heteroatoms. The summed E-state index contributed by atoms with van der Waals surface area (Å²) in [5.74, 6) is 0.0734. The molecule has 1 aromatic carbocycles. The molecule has 0 saturated carbocycles. The van der Waals surface area contributed by atoms with Crippen molar-refractivity contribution in [1.82, 2.24) is 4.72 Å². The maximum absolute atomic E-state index is 11.4. The monoisotopic (exact) mass is 243 g/mol. The maximum atomic E-state index is 11.4. The Labute approximate surface area is 93.8 Å². The molecule has 88 valence electrons. The molecule has 0 spiro atoms. The van der Waals surface area contributed by atoms with E-state index in [9.17, 15) is 8.42 Å². The number of nitrogens with zero attached hydrogens (tertiary/aromatic N) is 1. The van der Waals surface area contributed by atoms with Crippen LogP contribution in [0, 0.1) is 0 Å². The lowest BCUT2D eigenvalue weighted by molar-refractivity contribution is 0.317. The van der Waals surface area contributed by atoms with Gasteiger partial charge in [0.05, 0.1) is 4.90 Å². The minimum absolute atomic E-state index is 0.0734. The van der Waals surface area contributed by atoms with Gasteiger partial charge in [0.1, 0.15) is 5.84 Å². The van der Waals surface area contributed by atoms with Crippen LogP contribution in [0.4, 0.5) is 0 Å². The van der Waals surface area contributed by atoms with E-state index in [1.807, 2.05) is 0 Å². The molecule has 0 heterocycles. The van der Waals surface area contributed by atoms with E-state index in [0.717, 1.165) is 5.56 Å². The average Bonchev–Trinajstić information content (AvgIpc) is 2.29. The quantitative estimate of drug-likeness (QED) is 0.297. The fourth-order valence-corrected chi connectivity index (χ4v) is 1.88. The molecule has 0 saturated heterocycles. The van der Waals surface area contributed by atoms with Crippen molar-refractivity contribution in [1.29, 1.82) is 0 Å². The number of nitrogens with one attached hydrogen (secondary N) is 1. The van der Waals surface area contributed by atoms with Gasteiger partial charge >= 0.3 is 0 Å². The Kier molecular flexibility index (Phi) is 3.86. The normalized spacial score (nSPS) is 12.7. The molecule has 0 amide bonds. The van der Waals surface area contributed by atoms with Gasteiger partial charge in [0, 0.05) is 6.42 Å². The Bertz CT molecular complexity index is 479. The van der Waals surface area contributed by atoms with Crippen LogP contribution >= 0.6 is 0 Å². The van der Waals surface area contributed by atoms with Crippen LogP contribution in [0.2, 0.25) is 0 Å². The third kappa shape index (κ3) is 2.94. The first-order valence-electron chi connectivity index (χ1n) is 4.48. The van der Waals surface area contributed by atoms with Gasteiger partial charge in [0.15, 0.2) is 0 Å². The predicted octanol–water partition coefficient (Wildman–Crippen LogP) is -0.116. The third-order valence-corrected chi connectivity index (χ3v) is 3.45. The first-order chi connectivity index (χ1) is 7.49. The van der Waals surface area contributed by atoms with Crippen molar-refractivity contribution in [3.8, 4) is 0 Å². The molecule has 0 fully saturated rings. The number of oxime groups is 1. The van der Waals surface area contributed by atoms with E-state index < -0.39 is 10.0 Å². The van der Waals surface area contributed by atoms with Crippen LogP contribution in [0.5, 0.6) is 0 Å². The zero-order chi connectivity index (χ0) is 12.2. The number of rotatable bonds is 4. The highest BCUT2D eigenvalue weighted by molar-refractivity contribution is 7.89. The van der Waals surface area contributed by atoms with Crippen molar-refractivity contribution in [3.63, 3.8) is 0 Å². The Morgan fingerprint density at radius 2 is 2.00 bits per heavy atom. The highest BCUT2D eigenvalue weighted by Crippen LogP contribution is 2.10. The van der Waals surface area contributed by atoms with Gasteiger partial charge in [0.2, 0.25) is 10.0 Å². The van der Waals surface area contributed by atoms with E-state index in [1.165, 1.54) is 19.2 Å². The van der Waals surface area contributed by atoms with Crippen LogP contribution in [0.1, 0.15) is 5.56 Å². The average molecular weight is 243 g/mol. The lowest BCUT2D eigenvalue weighted by Gasteiger charge is -2.03. The molecule has 0 aliphatic heterocycles. The summed E-state index contributed by atoms with van der Waals surface area (Å²) in [5.41, 5.74) is 6.09. The molecule has 0 unspecified atom stereocenters. The van der Waals surface area contributed by atoms with Crippen LogP contribution in [-0.2, 0) is 16.4 Å². The molecule has 16 heavy (non-hydrogen) atoms. The van der Waals surface area contributed by atoms with Gasteiger partial charge in [-0.3, -0.25) is 0 Å². The molecule has 0 aliphatic carbocycles. The summed E-state index contributed by atoms with van der Waals surface area (Å²) in [6.45, 7) is 0. The first kappa shape index (κ1) is 12.5. The molecule has 0 radical (unpaired) electrons. The van der Waals surface area contributed by atoms with E-state index in [2.05, 4.69) is 9.88 Å². The Morgan fingerprint density at radius 3 is 2.44 bits per heavy atom. The van der Waals surface area contributed by atoms with E-state index >= 15 is 0 Å². The zero-order valence-corrected chi connectivity index (χ0v) is 9.53. The zero-order valence-electron chi connectivity index (χ0n) is 8.71. The van der Waals surface area contributed by atoms with Crippen LogP contribution in [0.3, 0.4) is 0 Å². The number of sulfonamides is 1. The number of hydrogen-bond donors (Lipinski definition) is 3. The summed E-state index contributed by atoms with van der Waals surface area (Å²) in [5, 5.41) is 11.2. The summed E-state index contributed by atoms with van der Waals surface area (Å²) < 4.78 is 25.0. The van der Waals surface area contributed by atoms with Crippen LogP contribution in [0.25, 0.3) is 0 Å². The van der Waals surface area contributed by atoms with Gasteiger partial charge in [-0.05, 0) is 24.7 Å². The molecule has 1 rings (SSSR count). The maximum Gasteiger partial charge on any atom is 0.240 e. The van der Waals surface area contributed by atoms with E-state index in [0.29, 0.717) is 0 Å². The molecule has 0 bridgehead atoms. The van der Waals surface area contributed by atoms with Gasteiger partial charge in [-0.2, -0.15) is 0 Å². The molecule has 0 aromatic heterocycles. The standard InChI is InChI=1S/C9H13N3O3S/c1-11-16(14,15)8-4-2-7(3-5-8)6-9(10)12-13/h2-5,11,13H,6H2,1H3,(H2,10,12). The molecule has 6 nitrogen and oxygen atoms in total. The SMILES string of the molecule is CNS(=O)(=O)c1ccc(CC(N)=NO)cc1. The molecular weight excluding hydrogens is 230 g/mol. The van der Waals surface area contributed by atoms with Crippen molar-refractivity contribution >= 4 is 15.9 Å². The summed E-state index contributed by atoms with van der Waals surface area (Å²) in [7, 11) is -2.06. The second kappa shape index (κ2) is 4.95. The van der Waals surface area contributed by atoms with Crippen LogP contribution in [0.15, 0.2) is 34.3 Å². The molecular formula is C9H13N3O3S. The van der Waals surface area contributed by atoms with Crippen LogP contribution in [-0.4, -0.2) is 26.5 Å². The molecule has 0 atom stereocenters. The van der Waals surface area contributed by atoms with Gasteiger partial charge < -0.3 is 10.9 Å². The summed E-state index contributed by atoms with van der Waals surface area (Å²) in [6.07, 6.45) is 0.274. The largest absolute Gasteiger partial charge is 0.409 e. The van der Waals surface area contributed by atoms with Crippen molar-refractivity contribution in [2.75, 3.05) is 7.05 Å². The lowest BCUT2D eigenvalue weighted by Crippen LogP contribution is -2.18. The van der Waals surface area contributed by atoms with Crippen molar-refractivity contribution in [3.05, 3.63) is 29.8 Å². The van der Waals surface area contributed by atoms with Gasteiger partial charge in [-0.25, -0.2) is 13.1 Å². The van der Waals surface area contributed by atoms with Crippen LogP contribution < -0.4 is 10.5 Å². The van der Waals surface area contributed by atoms with E-state index in [4.69, 9.17) is 10.9 Å². The number of nitrogens with two attached hydrogens (primary N) is 1. The number of benzene rings is 1. The predicted molar refractivity (Wildman–Crippen MR) is 59.8 cm³/mol. The third-order valence-electron chi connectivity index (χ3n) is 2.02. The minimum Gasteiger partial charge on any atom is -0.409 e. The second-order valence-corrected chi connectivity index (χ2v) is 5.01. The van der Waals surface area contributed by atoms with Gasteiger partial charge in [-0.1, -0.05) is 17.3 Å². The summed E-state index contributed by atoms with van der Waals surface area (Å²) in [4.78, 5) is 0.179. The summed E-state index contributed by atoms with van der Waals surface area (Å²) >= 11 is 0. The smallest absolute Gasteiger partial charge is 0.240 e. The Balaban J connectivity index is 2.92. The first-order valence-corrected chi connectivity index (χ1v) is 5.97. The van der Waals surface area contributed by atoms with E-state index in [1.54, 1.807) is 12.1 Å². The number of amidine groups is 1. The van der Waals surface area contributed by atoms with Gasteiger partial charge in [0.25, 0.3) is 0 Å². The van der Waals surface area contributed by atoms with E-state index in [-0.39, 0.29) is 17.2 Å². The molecule has 1 aromatic rings. The highest BCUT2D eigenvalue weighted by Gasteiger charge is 2.10.